The molecule has 0 aromatic rings. The van der Waals surface area contributed by atoms with Gasteiger partial charge in [0.1, 0.15) is 0 Å². The van der Waals surface area contributed by atoms with Gasteiger partial charge in [0.25, 0.3) is 0 Å². The maximum atomic E-state index is 10.5. The molecule has 2 atom stereocenters. The first kappa shape index (κ1) is 17.4. The Balaban J connectivity index is 2.25. The predicted molar refractivity (Wildman–Crippen MR) is 81.0 cm³/mol. The number of ether oxygens (including phenoxy) is 1. The van der Waals surface area contributed by atoms with Gasteiger partial charge in [0.2, 0.25) is 0 Å². The van der Waals surface area contributed by atoms with Crippen molar-refractivity contribution in [2.75, 3.05) is 20.2 Å². The Hall–Kier alpha value is -0.610. The van der Waals surface area contributed by atoms with Gasteiger partial charge in [0.05, 0.1) is 6.10 Å². The Bertz CT molecular complexity index is 304. The average Bonchev–Trinajstić information content (AvgIpc) is 2.37. The standard InChI is InChI=1S/C16H31NO3/c1-5-6-11-20-14-12-13(16(14,2)3)17(4)10-8-7-9-15(18)19/h13-14H,5-12H2,1-4H3,(H,18,19). The number of carboxylic acid groups (broad SMARTS) is 1. The van der Waals surface area contributed by atoms with Crippen molar-refractivity contribution in [2.24, 2.45) is 5.41 Å². The van der Waals surface area contributed by atoms with Crippen LogP contribution in [0.15, 0.2) is 0 Å². The van der Waals surface area contributed by atoms with E-state index in [0.717, 1.165) is 38.8 Å². The third-order valence-corrected chi connectivity index (χ3v) is 4.63. The number of aliphatic carboxylic acids is 1. The van der Waals surface area contributed by atoms with E-state index in [1.807, 2.05) is 0 Å². The number of nitrogens with zero attached hydrogens (tertiary/aromatic N) is 1. The van der Waals surface area contributed by atoms with Crippen LogP contribution in [0.3, 0.4) is 0 Å². The minimum absolute atomic E-state index is 0.204. The lowest BCUT2D eigenvalue weighted by molar-refractivity contribution is -0.148. The maximum Gasteiger partial charge on any atom is 0.303 e. The van der Waals surface area contributed by atoms with Gasteiger partial charge in [-0.2, -0.15) is 0 Å². The van der Waals surface area contributed by atoms with Crippen molar-refractivity contribution in [1.29, 1.82) is 0 Å². The monoisotopic (exact) mass is 285 g/mol. The van der Waals surface area contributed by atoms with Crippen LogP contribution >= 0.6 is 0 Å². The maximum absolute atomic E-state index is 10.5. The van der Waals surface area contributed by atoms with Gasteiger partial charge < -0.3 is 14.7 Å². The first-order valence-electron chi connectivity index (χ1n) is 7.93. The molecule has 0 aromatic carbocycles. The SMILES string of the molecule is CCCCOC1CC(N(C)CCCCC(=O)O)C1(C)C. The molecule has 0 amide bonds. The van der Waals surface area contributed by atoms with E-state index in [1.54, 1.807) is 0 Å². The predicted octanol–water partition coefficient (Wildman–Crippen LogP) is 3.16. The average molecular weight is 285 g/mol. The summed E-state index contributed by atoms with van der Waals surface area (Å²) in [6.07, 6.45) is 5.81. The zero-order chi connectivity index (χ0) is 15.2. The molecule has 4 heteroatoms. The van der Waals surface area contributed by atoms with Crippen molar-refractivity contribution in [3.8, 4) is 0 Å². The van der Waals surface area contributed by atoms with E-state index in [1.165, 1.54) is 6.42 Å². The number of carbonyl (C=O) groups is 1. The zero-order valence-electron chi connectivity index (χ0n) is 13.5. The summed E-state index contributed by atoms with van der Waals surface area (Å²) in [7, 11) is 2.15. The summed E-state index contributed by atoms with van der Waals surface area (Å²) >= 11 is 0. The number of unbranched alkanes of at least 4 members (excludes halogenated alkanes) is 2. The second-order valence-corrected chi connectivity index (χ2v) is 6.62. The van der Waals surface area contributed by atoms with Crippen LogP contribution in [0, 0.1) is 5.41 Å². The van der Waals surface area contributed by atoms with Gasteiger partial charge in [0, 0.05) is 24.5 Å². The highest BCUT2D eigenvalue weighted by Crippen LogP contribution is 2.45. The summed E-state index contributed by atoms with van der Waals surface area (Å²) < 4.78 is 5.97. The molecule has 1 saturated carbocycles. The fourth-order valence-electron chi connectivity index (χ4n) is 3.06. The fourth-order valence-corrected chi connectivity index (χ4v) is 3.06. The molecule has 0 radical (unpaired) electrons. The molecule has 4 nitrogen and oxygen atoms in total. The van der Waals surface area contributed by atoms with Crippen molar-refractivity contribution in [3.05, 3.63) is 0 Å². The Morgan fingerprint density at radius 1 is 1.35 bits per heavy atom. The second-order valence-electron chi connectivity index (χ2n) is 6.62. The highest BCUT2D eigenvalue weighted by molar-refractivity contribution is 5.66. The van der Waals surface area contributed by atoms with Crippen molar-refractivity contribution in [3.63, 3.8) is 0 Å². The first-order valence-corrected chi connectivity index (χ1v) is 7.93. The number of carboxylic acids is 1. The molecule has 1 rings (SSSR count). The van der Waals surface area contributed by atoms with Crippen LogP contribution in [0.4, 0.5) is 0 Å². The smallest absolute Gasteiger partial charge is 0.303 e. The third-order valence-electron chi connectivity index (χ3n) is 4.63. The van der Waals surface area contributed by atoms with Gasteiger partial charge in [-0.15, -0.1) is 0 Å². The number of hydrogen-bond donors (Lipinski definition) is 1. The van der Waals surface area contributed by atoms with Gasteiger partial charge in [-0.25, -0.2) is 0 Å². The Kier molecular flexibility index (Phi) is 6.96. The molecule has 1 fully saturated rings. The Labute approximate surface area is 123 Å². The lowest BCUT2D eigenvalue weighted by atomic mass is 9.64. The Morgan fingerprint density at radius 2 is 2.05 bits per heavy atom. The van der Waals surface area contributed by atoms with Crippen LogP contribution in [0.2, 0.25) is 0 Å². The molecule has 1 aliphatic rings. The molecule has 0 bridgehead atoms. The largest absolute Gasteiger partial charge is 0.481 e. The topological polar surface area (TPSA) is 49.8 Å². The van der Waals surface area contributed by atoms with Crippen LogP contribution in [-0.2, 0) is 9.53 Å². The molecular formula is C16H31NO3. The molecule has 1 aliphatic carbocycles. The van der Waals surface area contributed by atoms with E-state index in [4.69, 9.17) is 9.84 Å². The van der Waals surface area contributed by atoms with Crippen LogP contribution in [0.1, 0.15) is 59.3 Å². The summed E-state index contributed by atoms with van der Waals surface area (Å²) in [6.45, 7) is 8.60. The minimum Gasteiger partial charge on any atom is -0.481 e. The normalized spacial score (nSPS) is 24.6. The molecule has 118 valence electrons. The molecular weight excluding hydrogens is 254 g/mol. The van der Waals surface area contributed by atoms with Gasteiger partial charge >= 0.3 is 5.97 Å². The molecule has 0 aromatic heterocycles. The molecule has 0 spiro atoms. The molecule has 1 N–H and O–H groups in total. The van der Waals surface area contributed by atoms with E-state index in [-0.39, 0.29) is 11.8 Å². The van der Waals surface area contributed by atoms with E-state index in [9.17, 15) is 4.79 Å². The van der Waals surface area contributed by atoms with E-state index >= 15 is 0 Å². The summed E-state index contributed by atoms with van der Waals surface area (Å²) in [4.78, 5) is 12.9. The summed E-state index contributed by atoms with van der Waals surface area (Å²) in [5.74, 6) is -0.694. The zero-order valence-corrected chi connectivity index (χ0v) is 13.5. The van der Waals surface area contributed by atoms with Crippen LogP contribution in [-0.4, -0.2) is 48.3 Å². The van der Waals surface area contributed by atoms with Gasteiger partial charge in [-0.05, 0) is 39.3 Å². The lowest BCUT2D eigenvalue weighted by Crippen LogP contribution is -2.61. The van der Waals surface area contributed by atoms with Crippen molar-refractivity contribution >= 4 is 5.97 Å². The van der Waals surface area contributed by atoms with Crippen LogP contribution in [0.5, 0.6) is 0 Å². The number of hydrogen-bond acceptors (Lipinski definition) is 3. The highest BCUT2D eigenvalue weighted by atomic mass is 16.5. The number of rotatable bonds is 10. The summed E-state index contributed by atoms with van der Waals surface area (Å²) in [5.41, 5.74) is 0.204. The lowest BCUT2D eigenvalue weighted by Gasteiger charge is -2.55. The molecule has 0 saturated heterocycles. The van der Waals surface area contributed by atoms with E-state index < -0.39 is 5.97 Å². The fraction of sp³-hybridized carbons (Fsp3) is 0.938. The third kappa shape index (κ3) is 4.74. The van der Waals surface area contributed by atoms with Crippen molar-refractivity contribution in [2.45, 2.75) is 71.4 Å². The van der Waals surface area contributed by atoms with Crippen molar-refractivity contribution in [1.82, 2.24) is 4.90 Å². The molecule has 2 unspecified atom stereocenters. The van der Waals surface area contributed by atoms with Crippen LogP contribution < -0.4 is 0 Å². The van der Waals surface area contributed by atoms with Crippen LogP contribution in [0.25, 0.3) is 0 Å². The second kappa shape index (κ2) is 7.99. The highest BCUT2D eigenvalue weighted by Gasteiger charge is 2.50. The van der Waals surface area contributed by atoms with Crippen molar-refractivity contribution < 1.29 is 14.6 Å². The Morgan fingerprint density at radius 3 is 2.60 bits per heavy atom. The van der Waals surface area contributed by atoms with E-state index in [0.29, 0.717) is 12.1 Å². The minimum atomic E-state index is -0.694. The van der Waals surface area contributed by atoms with Gasteiger partial charge in [-0.3, -0.25) is 4.79 Å². The molecule has 0 aliphatic heterocycles. The summed E-state index contributed by atoms with van der Waals surface area (Å²) in [5, 5.41) is 8.64. The molecule has 20 heavy (non-hydrogen) atoms. The summed E-state index contributed by atoms with van der Waals surface area (Å²) in [6, 6.07) is 0.555. The van der Waals surface area contributed by atoms with Gasteiger partial charge in [0.15, 0.2) is 0 Å². The quantitative estimate of drug-likeness (QED) is 0.626. The molecule has 0 heterocycles. The van der Waals surface area contributed by atoms with Gasteiger partial charge in [-0.1, -0.05) is 27.2 Å². The van der Waals surface area contributed by atoms with E-state index in [2.05, 4.69) is 32.7 Å². The first-order chi connectivity index (χ1) is 9.39.